The summed E-state index contributed by atoms with van der Waals surface area (Å²) in [7, 11) is 0. The SMILES string of the molecule is O=C1C(=O)N(c2cccc(Cl)c2)C(c2ccc(O)c(Cl)c2)/C1=C(/O)c1ccc(Cl)c(Cl)c1. The predicted octanol–water partition coefficient (Wildman–Crippen LogP) is 6.63. The second-order valence-corrected chi connectivity index (χ2v) is 8.65. The first-order chi connectivity index (χ1) is 15.2. The zero-order valence-corrected chi connectivity index (χ0v) is 19.0. The fraction of sp³-hybridized carbons (Fsp3) is 0.0435. The highest BCUT2D eigenvalue weighted by Crippen LogP contribution is 2.44. The normalized spacial score (nSPS) is 17.8. The Kier molecular flexibility index (Phi) is 6.10. The molecule has 1 atom stereocenters. The zero-order valence-electron chi connectivity index (χ0n) is 16.0. The van der Waals surface area contributed by atoms with E-state index >= 15 is 0 Å². The number of nitrogens with zero attached hydrogens (tertiary/aromatic N) is 1. The second-order valence-electron chi connectivity index (χ2n) is 6.99. The molecule has 1 fully saturated rings. The first-order valence-corrected chi connectivity index (χ1v) is 10.7. The van der Waals surface area contributed by atoms with Gasteiger partial charge in [0.15, 0.2) is 0 Å². The number of phenolic OH excluding ortho intramolecular Hbond substituents is 1. The first kappa shape index (κ1) is 22.5. The Morgan fingerprint density at radius 1 is 0.844 bits per heavy atom. The summed E-state index contributed by atoms with van der Waals surface area (Å²) in [5.74, 6) is -2.36. The van der Waals surface area contributed by atoms with Gasteiger partial charge in [-0.2, -0.15) is 0 Å². The van der Waals surface area contributed by atoms with Gasteiger partial charge in [-0.1, -0.05) is 58.5 Å². The van der Waals surface area contributed by atoms with Crippen LogP contribution in [0.4, 0.5) is 5.69 Å². The fourth-order valence-corrected chi connectivity index (χ4v) is 4.20. The van der Waals surface area contributed by atoms with Gasteiger partial charge in [0.1, 0.15) is 11.5 Å². The van der Waals surface area contributed by atoms with Crippen molar-refractivity contribution in [3.05, 3.63) is 97.5 Å². The lowest BCUT2D eigenvalue weighted by atomic mass is 9.95. The maximum absolute atomic E-state index is 13.1. The van der Waals surface area contributed by atoms with E-state index in [4.69, 9.17) is 46.4 Å². The van der Waals surface area contributed by atoms with Crippen molar-refractivity contribution in [2.45, 2.75) is 6.04 Å². The zero-order chi connectivity index (χ0) is 23.2. The summed E-state index contributed by atoms with van der Waals surface area (Å²) < 4.78 is 0. The van der Waals surface area contributed by atoms with Crippen LogP contribution in [0, 0.1) is 0 Å². The molecule has 1 amide bonds. The third kappa shape index (κ3) is 3.93. The standard InChI is InChI=1S/C23H13Cl4NO4/c24-13-2-1-3-14(10-13)28-20(11-5-7-18(29)17(27)8-11)19(22(31)23(28)32)21(30)12-4-6-15(25)16(26)9-12/h1-10,20,29-30H/b21-19-. The number of halogens is 4. The largest absolute Gasteiger partial charge is 0.507 e. The van der Waals surface area contributed by atoms with Gasteiger partial charge >= 0.3 is 0 Å². The van der Waals surface area contributed by atoms with E-state index in [-0.39, 0.29) is 32.0 Å². The summed E-state index contributed by atoms with van der Waals surface area (Å²) in [5, 5.41) is 21.7. The molecule has 1 heterocycles. The number of hydrogen-bond donors (Lipinski definition) is 2. The summed E-state index contributed by atoms with van der Waals surface area (Å²) in [6.45, 7) is 0. The number of ketones is 1. The summed E-state index contributed by atoms with van der Waals surface area (Å²) in [4.78, 5) is 27.4. The van der Waals surface area contributed by atoms with Crippen molar-refractivity contribution in [1.82, 2.24) is 0 Å². The number of carbonyl (C=O) groups excluding carboxylic acids is 2. The number of carbonyl (C=O) groups is 2. The number of benzene rings is 3. The highest BCUT2D eigenvalue weighted by atomic mass is 35.5. The fourth-order valence-electron chi connectivity index (χ4n) is 3.53. The maximum Gasteiger partial charge on any atom is 0.300 e. The van der Waals surface area contributed by atoms with E-state index < -0.39 is 23.5 Å². The maximum atomic E-state index is 13.1. The van der Waals surface area contributed by atoms with Gasteiger partial charge in [0.25, 0.3) is 11.7 Å². The molecule has 3 aromatic rings. The van der Waals surface area contributed by atoms with Crippen molar-refractivity contribution in [2.24, 2.45) is 0 Å². The van der Waals surface area contributed by atoms with Gasteiger partial charge in [-0.25, -0.2) is 0 Å². The van der Waals surface area contributed by atoms with E-state index in [2.05, 4.69) is 0 Å². The summed E-state index contributed by atoms with van der Waals surface area (Å²) >= 11 is 24.2. The molecule has 0 aromatic heterocycles. The number of hydrogen-bond acceptors (Lipinski definition) is 4. The molecule has 0 spiro atoms. The van der Waals surface area contributed by atoms with Crippen LogP contribution in [0.25, 0.3) is 5.76 Å². The topological polar surface area (TPSA) is 77.8 Å². The number of aliphatic hydroxyl groups excluding tert-OH is 1. The first-order valence-electron chi connectivity index (χ1n) is 9.19. The van der Waals surface area contributed by atoms with Crippen LogP contribution in [0.15, 0.2) is 66.2 Å². The molecule has 0 bridgehead atoms. The number of phenols is 1. The third-order valence-corrected chi connectivity index (χ3v) is 6.29. The minimum Gasteiger partial charge on any atom is -0.507 e. The molecule has 5 nitrogen and oxygen atoms in total. The lowest BCUT2D eigenvalue weighted by molar-refractivity contribution is -0.132. The number of aromatic hydroxyl groups is 1. The highest BCUT2D eigenvalue weighted by molar-refractivity contribution is 6.52. The van der Waals surface area contributed by atoms with E-state index in [1.807, 2.05) is 0 Å². The molecular formula is C23H13Cl4NO4. The minimum absolute atomic E-state index is 0.0220. The molecule has 0 saturated carbocycles. The van der Waals surface area contributed by atoms with Crippen LogP contribution in [0.1, 0.15) is 17.2 Å². The Morgan fingerprint density at radius 3 is 2.25 bits per heavy atom. The van der Waals surface area contributed by atoms with Crippen LogP contribution in [-0.2, 0) is 9.59 Å². The van der Waals surface area contributed by atoms with Crippen LogP contribution in [-0.4, -0.2) is 21.9 Å². The van der Waals surface area contributed by atoms with Gasteiger partial charge in [-0.3, -0.25) is 14.5 Å². The van der Waals surface area contributed by atoms with E-state index in [0.29, 0.717) is 16.3 Å². The van der Waals surface area contributed by atoms with Crippen LogP contribution in [0.5, 0.6) is 5.75 Å². The van der Waals surface area contributed by atoms with Crippen molar-refractivity contribution in [2.75, 3.05) is 4.90 Å². The van der Waals surface area contributed by atoms with E-state index in [9.17, 15) is 19.8 Å². The molecule has 1 aliphatic rings. The highest BCUT2D eigenvalue weighted by Gasteiger charge is 2.47. The van der Waals surface area contributed by atoms with Crippen molar-refractivity contribution in [3.8, 4) is 5.75 Å². The molecule has 9 heteroatoms. The van der Waals surface area contributed by atoms with Gasteiger partial charge < -0.3 is 10.2 Å². The Labute approximate surface area is 203 Å². The number of amides is 1. The van der Waals surface area contributed by atoms with Crippen LogP contribution in [0.2, 0.25) is 20.1 Å². The second kappa shape index (κ2) is 8.68. The van der Waals surface area contributed by atoms with Gasteiger partial charge in [0.2, 0.25) is 0 Å². The number of aliphatic hydroxyl groups is 1. The Balaban J connectivity index is 1.98. The van der Waals surface area contributed by atoms with E-state index in [1.165, 1.54) is 47.4 Å². The molecule has 32 heavy (non-hydrogen) atoms. The molecule has 0 radical (unpaired) electrons. The van der Waals surface area contributed by atoms with Crippen molar-refractivity contribution >= 4 is 69.5 Å². The summed E-state index contributed by atoms with van der Waals surface area (Å²) in [6.07, 6.45) is 0. The van der Waals surface area contributed by atoms with E-state index in [0.717, 1.165) is 0 Å². The molecular weight excluding hydrogens is 496 g/mol. The van der Waals surface area contributed by atoms with Crippen LogP contribution in [0.3, 0.4) is 0 Å². The monoisotopic (exact) mass is 507 g/mol. The van der Waals surface area contributed by atoms with Gasteiger partial charge in [0, 0.05) is 16.3 Å². The smallest absolute Gasteiger partial charge is 0.300 e. The van der Waals surface area contributed by atoms with Crippen molar-refractivity contribution in [1.29, 1.82) is 0 Å². The van der Waals surface area contributed by atoms with Crippen LogP contribution >= 0.6 is 46.4 Å². The van der Waals surface area contributed by atoms with Gasteiger partial charge in [0.05, 0.1) is 26.7 Å². The Hall–Kier alpha value is -2.70. The Bertz CT molecular complexity index is 1300. The minimum atomic E-state index is -1.04. The lowest BCUT2D eigenvalue weighted by Crippen LogP contribution is -2.29. The van der Waals surface area contributed by atoms with Crippen molar-refractivity contribution < 1.29 is 19.8 Å². The van der Waals surface area contributed by atoms with Crippen molar-refractivity contribution in [3.63, 3.8) is 0 Å². The molecule has 3 aromatic carbocycles. The van der Waals surface area contributed by atoms with E-state index in [1.54, 1.807) is 18.2 Å². The number of Topliss-reactive ketones (excluding diaryl/α,β-unsaturated/α-hetero) is 1. The molecule has 162 valence electrons. The summed E-state index contributed by atoms with van der Waals surface area (Å²) in [5.41, 5.74) is 0.782. The average molecular weight is 509 g/mol. The number of rotatable bonds is 3. The molecule has 1 unspecified atom stereocenters. The number of anilines is 1. The van der Waals surface area contributed by atoms with Gasteiger partial charge in [-0.15, -0.1) is 0 Å². The predicted molar refractivity (Wildman–Crippen MR) is 126 cm³/mol. The lowest BCUT2D eigenvalue weighted by Gasteiger charge is -2.26. The molecule has 1 aliphatic heterocycles. The molecule has 0 aliphatic carbocycles. The average Bonchev–Trinajstić information content (AvgIpc) is 3.02. The third-order valence-electron chi connectivity index (χ3n) is 5.01. The molecule has 2 N–H and O–H groups in total. The Morgan fingerprint density at radius 2 is 1.59 bits per heavy atom. The van der Waals surface area contributed by atoms with Gasteiger partial charge in [-0.05, 0) is 54.1 Å². The van der Waals surface area contributed by atoms with Crippen LogP contribution < -0.4 is 4.90 Å². The molecule has 1 saturated heterocycles. The molecule has 4 rings (SSSR count). The quantitative estimate of drug-likeness (QED) is 0.236. The summed E-state index contributed by atoms with van der Waals surface area (Å²) in [6, 6.07) is 14.0.